The molecule has 8 heteroatoms. The topological polar surface area (TPSA) is 73.5 Å². The summed E-state index contributed by atoms with van der Waals surface area (Å²) in [7, 11) is 0. The van der Waals surface area contributed by atoms with E-state index in [2.05, 4.69) is 41.6 Å². The van der Waals surface area contributed by atoms with E-state index in [9.17, 15) is 9.59 Å². The third-order valence-corrected chi connectivity index (χ3v) is 8.75. The number of piperazine rings is 1. The maximum atomic E-state index is 14.2. The highest BCUT2D eigenvalue weighted by molar-refractivity contribution is 6.31. The fourth-order valence-electron chi connectivity index (χ4n) is 6.74. The van der Waals surface area contributed by atoms with Gasteiger partial charge < -0.3 is 20.9 Å². The number of anilines is 1. The Morgan fingerprint density at radius 1 is 1.08 bits per heavy atom. The van der Waals surface area contributed by atoms with Crippen molar-refractivity contribution >= 4 is 40.6 Å². The van der Waals surface area contributed by atoms with Crippen LogP contribution in [0.3, 0.4) is 0 Å². The van der Waals surface area contributed by atoms with Crippen molar-refractivity contribution in [2.45, 2.75) is 63.5 Å². The summed E-state index contributed by atoms with van der Waals surface area (Å²) in [6, 6.07) is 12.5. The Balaban J connectivity index is 1.55. The Hall–Kier alpha value is -1.96. The summed E-state index contributed by atoms with van der Waals surface area (Å²) in [6.45, 7) is 11.4. The molecule has 1 amide bonds. The van der Waals surface area contributed by atoms with Crippen LogP contribution in [-0.2, 0) is 15.0 Å². The van der Waals surface area contributed by atoms with Gasteiger partial charge in [-0.15, -0.1) is 0 Å². The standard InChI is InChI=1S/C30H38Cl2N4O2/c1-29(2,3)18-25-30(22-10-9-21(32)17-23(22)34-28(30)38)26(19-6-4-7-20(31)16-19)27(35-25)24(37)8-5-13-36-14-11-33-12-15-36/h4,6-7,9-10,16-17,25-27,33,35H,5,8,11-15,18H2,1-3H3,(H,34,38)/t25-,26+,27+,30+/m1/s1. The molecule has 3 aliphatic rings. The highest BCUT2D eigenvalue weighted by atomic mass is 35.5. The molecule has 2 saturated heterocycles. The normalized spacial score (nSPS) is 27.5. The van der Waals surface area contributed by atoms with Crippen LogP contribution in [-0.4, -0.2) is 61.4 Å². The van der Waals surface area contributed by atoms with Gasteiger partial charge in [-0.3, -0.25) is 9.59 Å². The number of nitrogens with zero attached hydrogens (tertiary/aromatic N) is 1. The van der Waals surface area contributed by atoms with Crippen molar-refractivity contribution < 1.29 is 9.59 Å². The van der Waals surface area contributed by atoms with Crippen LogP contribution in [0.2, 0.25) is 10.0 Å². The monoisotopic (exact) mass is 556 g/mol. The van der Waals surface area contributed by atoms with Crippen molar-refractivity contribution in [3.63, 3.8) is 0 Å². The smallest absolute Gasteiger partial charge is 0.237 e. The third kappa shape index (κ3) is 5.26. The van der Waals surface area contributed by atoms with Gasteiger partial charge in [0, 0.05) is 60.3 Å². The molecule has 6 nitrogen and oxygen atoms in total. The summed E-state index contributed by atoms with van der Waals surface area (Å²) >= 11 is 12.8. The van der Waals surface area contributed by atoms with Crippen LogP contribution in [0.15, 0.2) is 42.5 Å². The Morgan fingerprint density at radius 2 is 1.82 bits per heavy atom. The molecule has 2 aromatic carbocycles. The summed E-state index contributed by atoms with van der Waals surface area (Å²) in [5, 5.41) is 11.4. The number of Topliss-reactive ketones (excluding diaryl/α,β-unsaturated/α-hetero) is 1. The Labute approximate surface area is 235 Å². The number of hydrogen-bond donors (Lipinski definition) is 3. The molecule has 2 fully saturated rings. The van der Waals surface area contributed by atoms with Gasteiger partial charge in [0.15, 0.2) is 0 Å². The van der Waals surface area contributed by atoms with E-state index in [1.165, 1.54) is 0 Å². The molecule has 2 aromatic rings. The molecule has 204 valence electrons. The lowest BCUT2D eigenvalue weighted by atomic mass is 9.62. The second-order valence-electron chi connectivity index (χ2n) is 12.2. The predicted octanol–water partition coefficient (Wildman–Crippen LogP) is 5.00. The summed E-state index contributed by atoms with van der Waals surface area (Å²) in [6.07, 6.45) is 1.99. The van der Waals surface area contributed by atoms with E-state index in [4.69, 9.17) is 23.2 Å². The van der Waals surface area contributed by atoms with E-state index in [-0.39, 0.29) is 23.1 Å². The van der Waals surface area contributed by atoms with Gasteiger partial charge in [0.25, 0.3) is 0 Å². The molecule has 0 saturated carbocycles. The molecule has 3 heterocycles. The first kappa shape index (κ1) is 27.6. The van der Waals surface area contributed by atoms with Crippen LogP contribution in [0.4, 0.5) is 5.69 Å². The van der Waals surface area contributed by atoms with Gasteiger partial charge in [0.1, 0.15) is 11.2 Å². The zero-order valence-electron chi connectivity index (χ0n) is 22.4. The molecule has 1 spiro atoms. The number of halogens is 2. The molecule has 3 aliphatic heterocycles. The molecule has 38 heavy (non-hydrogen) atoms. The zero-order valence-corrected chi connectivity index (χ0v) is 24.0. The van der Waals surface area contributed by atoms with Gasteiger partial charge in [-0.2, -0.15) is 0 Å². The van der Waals surface area contributed by atoms with Crippen LogP contribution in [0.5, 0.6) is 0 Å². The Bertz CT molecular complexity index is 1210. The predicted molar refractivity (Wildman–Crippen MR) is 154 cm³/mol. The molecule has 5 rings (SSSR count). The van der Waals surface area contributed by atoms with E-state index >= 15 is 0 Å². The van der Waals surface area contributed by atoms with Crippen LogP contribution in [0, 0.1) is 5.41 Å². The minimum atomic E-state index is -0.962. The number of benzene rings is 2. The van der Waals surface area contributed by atoms with E-state index in [0.29, 0.717) is 16.5 Å². The quantitative estimate of drug-likeness (QED) is 0.447. The highest BCUT2D eigenvalue weighted by Gasteiger charge is 2.65. The second kappa shape index (κ2) is 10.9. The van der Waals surface area contributed by atoms with Crippen molar-refractivity contribution in [1.29, 1.82) is 0 Å². The number of hydrogen-bond acceptors (Lipinski definition) is 5. The first-order valence-electron chi connectivity index (χ1n) is 13.7. The fraction of sp³-hybridized carbons (Fsp3) is 0.533. The average molecular weight is 558 g/mol. The molecule has 0 bridgehead atoms. The van der Waals surface area contributed by atoms with Gasteiger partial charge in [-0.1, -0.05) is 62.2 Å². The minimum absolute atomic E-state index is 0.0702. The third-order valence-electron chi connectivity index (χ3n) is 8.28. The van der Waals surface area contributed by atoms with Crippen molar-refractivity contribution in [1.82, 2.24) is 15.5 Å². The van der Waals surface area contributed by atoms with Crippen LogP contribution >= 0.6 is 23.2 Å². The number of carbonyl (C=O) groups excluding carboxylic acids is 2. The fourth-order valence-corrected chi connectivity index (χ4v) is 7.11. The number of rotatable bonds is 7. The van der Waals surface area contributed by atoms with Gasteiger partial charge in [0.2, 0.25) is 5.91 Å². The summed E-state index contributed by atoms with van der Waals surface area (Å²) < 4.78 is 0. The van der Waals surface area contributed by atoms with Crippen molar-refractivity contribution in [3.8, 4) is 0 Å². The van der Waals surface area contributed by atoms with E-state index in [1.54, 1.807) is 0 Å². The number of ketones is 1. The van der Waals surface area contributed by atoms with Crippen LogP contribution < -0.4 is 16.0 Å². The maximum absolute atomic E-state index is 14.2. The summed E-state index contributed by atoms with van der Waals surface area (Å²) in [4.78, 5) is 30.6. The maximum Gasteiger partial charge on any atom is 0.237 e. The SMILES string of the molecule is CC(C)(C)C[C@H]1N[C@@H](C(=O)CCCN2CCNCC2)[C@H](c2cccc(Cl)c2)[C@@]12C(=O)Nc1cc(Cl)ccc12. The zero-order chi connectivity index (χ0) is 27.1. The van der Waals surface area contributed by atoms with Crippen molar-refractivity contribution in [3.05, 3.63) is 63.6 Å². The van der Waals surface area contributed by atoms with Gasteiger partial charge >= 0.3 is 0 Å². The number of amides is 1. The highest BCUT2D eigenvalue weighted by Crippen LogP contribution is 2.57. The largest absolute Gasteiger partial charge is 0.325 e. The lowest BCUT2D eigenvalue weighted by Crippen LogP contribution is -2.49. The number of carbonyl (C=O) groups is 2. The molecule has 0 aromatic heterocycles. The molecule has 3 N–H and O–H groups in total. The molecule has 0 unspecified atom stereocenters. The van der Waals surface area contributed by atoms with Crippen LogP contribution in [0.25, 0.3) is 0 Å². The Kier molecular flexibility index (Phi) is 7.92. The molecular weight excluding hydrogens is 519 g/mol. The lowest BCUT2D eigenvalue weighted by Gasteiger charge is -2.37. The first-order chi connectivity index (χ1) is 18.1. The number of nitrogens with one attached hydrogen (secondary N) is 3. The first-order valence-corrected chi connectivity index (χ1v) is 14.4. The second-order valence-corrected chi connectivity index (χ2v) is 13.0. The molecular formula is C30H38Cl2N4O2. The number of fused-ring (bicyclic) bond motifs is 2. The summed E-state index contributed by atoms with van der Waals surface area (Å²) in [5.74, 6) is -0.337. The lowest BCUT2D eigenvalue weighted by molar-refractivity contribution is -0.122. The summed E-state index contributed by atoms with van der Waals surface area (Å²) in [5.41, 5.74) is 1.49. The van der Waals surface area contributed by atoms with Gasteiger partial charge in [0.05, 0.1) is 6.04 Å². The van der Waals surface area contributed by atoms with E-state index < -0.39 is 17.4 Å². The molecule has 4 atom stereocenters. The molecule has 0 radical (unpaired) electrons. The Morgan fingerprint density at radius 3 is 2.53 bits per heavy atom. The molecule has 0 aliphatic carbocycles. The van der Waals surface area contributed by atoms with Gasteiger partial charge in [-0.25, -0.2) is 0 Å². The van der Waals surface area contributed by atoms with E-state index in [1.807, 2.05) is 42.5 Å². The van der Waals surface area contributed by atoms with Crippen LogP contribution in [0.1, 0.15) is 57.1 Å². The average Bonchev–Trinajstić information content (AvgIpc) is 3.33. The van der Waals surface area contributed by atoms with E-state index in [0.717, 1.165) is 62.4 Å². The van der Waals surface area contributed by atoms with Gasteiger partial charge in [-0.05, 0) is 60.2 Å². The minimum Gasteiger partial charge on any atom is -0.325 e. The van der Waals surface area contributed by atoms with Crippen molar-refractivity contribution in [2.75, 3.05) is 38.0 Å². The van der Waals surface area contributed by atoms with Crippen molar-refractivity contribution in [2.24, 2.45) is 5.41 Å².